The Morgan fingerprint density at radius 1 is 1.25 bits per heavy atom. The third-order valence-electron chi connectivity index (χ3n) is 3.01. The van der Waals surface area contributed by atoms with Gasteiger partial charge in [0.15, 0.2) is 0 Å². The molecule has 0 fully saturated rings. The molecule has 1 N–H and O–H groups in total. The summed E-state index contributed by atoms with van der Waals surface area (Å²) in [6.07, 6.45) is -5.00. The number of ketones is 1. The first-order valence-corrected chi connectivity index (χ1v) is 5.64. The number of carbonyl (C=O) groups excluding carboxylic acids is 1. The van der Waals surface area contributed by atoms with Gasteiger partial charge in [0.25, 0.3) is 5.78 Å². The summed E-state index contributed by atoms with van der Waals surface area (Å²) >= 11 is 0. The summed E-state index contributed by atoms with van der Waals surface area (Å²) in [4.78, 5) is 22.3. The fourth-order valence-electron chi connectivity index (χ4n) is 2.20. The zero-order valence-corrected chi connectivity index (χ0v) is 10.4. The zero-order valence-electron chi connectivity index (χ0n) is 10.4. The van der Waals surface area contributed by atoms with Gasteiger partial charge in [-0.05, 0) is 13.0 Å². The number of aliphatic carboxylic acids is 1. The molecule has 0 unspecified atom stereocenters. The number of carbonyl (C=O) groups is 2. The number of nitrogens with zero attached hydrogens (tertiary/aromatic N) is 1. The lowest BCUT2D eigenvalue weighted by atomic mass is 10.1. The van der Waals surface area contributed by atoms with Crippen LogP contribution in [0, 0.1) is 6.92 Å². The van der Waals surface area contributed by atoms with Gasteiger partial charge < -0.3 is 9.67 Å². The van der Waals surface area contributed by atoms with E-state index in [4.69, 9.17) is 5.11 Å². The average molecular weight is 285 g/mol. The van der Waals surface area contributed by atoms with E-state index in [0.29, 0.717) is 5.52 Å². The molecule has 7 heteroatoms. The van der Waals surface area contributed by atoms with Crippen molar-refractivity contribution in [1.82, 2.24) is 4.57 Å². The lowest BCUT2D eigenvalue weighted by Gasteiger charge is -2.06. The minimum Gasteiger partial charge on any atom is -0.480 e. The van der Waals surface area contributed by atoms with Crippen molar-refractivity contribution in [2.45, 2.75) is 19.6 Å². The van der Waals surface area contributed by atoms with Crippen LogP contribution < -0.4 is 0 Å². The van der Waals surface area contributed by atoms with Gasteiger partial charge in [-0.15, -0.1) is 0 Å². The molecule has 4 nitrogen and oxygen atoms in total. The zero-order chi connectivity index (χ0) is 15.1. The molecule has 1 aromatic carbocycles. The predicted molar refractivity (Wildman–Crippen MR) is 64.7 cm³/mol. The highest BCUT2D eigenvalue weighted by Gasteiger charge is 2.42. The molecular formula is C13H10F3NO3. The van der Waals surface area contributed by atoms with E-state index < -0.39 is 30.0 Å². The first kappa shape index (κ1) is 14.1. The molecule has 2 rings (SSSR count). The summed E-state index contributed by atoms with van der Waals surface area (Å²) in [5.74, 6) is -3.16. The maximum Gasteiger partial charge on any atom is 0.454 e. The number of aromatic nitrogens is 1. The Morgan fingerprint density at radius 3 is 2.40 bits per heavy atom. The van der Waals surface area contributed by atoms with Gasteiger partial charge in [0.2, 0.25) is 0 Å². The van der Waals surface area contributed by atoms with Crippen molar-refractivity contribution in [3.63, 3.8) is 0 Å². The molecule has 0 atom stereocenters. The van der Waals surface area contributed by atoms with Crippen LogP contribution in [0.1, 0.15) is 16.1 Å². The van der Waals surface area contributed by atoms with Crippen molar-refractivity contribution in [3.8, 4) is 0 Å². The molecule has 106 valence electrons. The van der Waals surface area contributed by atoms with E-state index in [1.807, 2.05) is 0 Å². The number of alkyl halides is 3. The second-order valence-corrected chi connectivity index (χ2v) is 4.28. The number of para-hydroxylation sites is 1. The quantitative estimate of drug-likeness (QED) is 0.882. The predicted octanol–water partition coefficient (Wildman–Crippen LogP) is 2.78. The van der Waals surface area contributed by atoms with Crippen LogP contribution in [0.25, 0.3) is 10.9 Å². The summed E-state index contributed by atoms with van der Waals surface area (Å²) in [7, 11) is 0. The number of carboxylic acids is 1. The Balaban J connectivity index is 2.75. The molecule has 0 aliphatic carbocycles. The van der Waals surface area contributed by atoms with Crippen LogP contribution in [-0.4, -0.2) is 27.6 Å². The molecule has 20 heavy (non-hydrogen) atoms. The SMILES string of the molecule is Cc1c(C(=O)C(F)(F)F)c2ccccc2n1CC(=O)O. The number of hydrogen-bond donors (Lipinski definition) is 1. The molecule has 0 saturated heterocycles. The van der Waals surface area contributed by atoms with E-state index in [0.717, 1.165) is 0 Å². The molecule has 0 saturated carbocycles. The molecule has 0 bridgehead atoms. The van der Waals surface area contributed by atoms with Gasteiger partial charge in [-0.1, -0.05) is 18.2 Å². The van der Waals surface area contributed by atoms with Gasteiger partial charge in [0, 0.05) is 16.6 Å². The van der Waals surface area contributed by atoms with Crippen molar-refractivity contribution in [2.24, 2.45) is 0 Å². The van der Waals surface area contributed by atoms with E-state index in [-0.39, 0.29) is 11.1 Å². The van der Waals surface area contributed by atoms with Gasteiger partial charge in [-0.25, -0.2) is 0 Å². The van der Waals surface area contributed by atoms with Crippen LogP contribution in [-0.2, 0) is 11.3 Å². The number of fused-ring (bicyclic) bond motifs is 1. The molecule has 0 aliphatic rings. The van der Waals surface area contributed by atoms with E-state index in [1.165, 1.54) is 29.7 Å². The molecule has 1 aromatic heterocycles. The van der Waals surface area contributed by atoms with Crippen molar-refractivity contribution < 1.29 is 27.9 Å². The van der Waals surface area contributed by atoms with Crippen LogP contribution in [0.5, 0.6) is 0 Å². The lowest BCUT2D eigenvalue weighted by molar-refractivity contribution is -0.137. The smallest absolute Gasteiger partial charge is 0.454 e. The molecule has 0 radical (unpaired) electrons. The minimum absolute atomic E-state index is 0.00377. The number of rotatable bonds is 3. The molecule has 2 aromatic rings. The Hall–Kier alpha value is -2.31. The van der Waals surface area contributed by atoms with Gasteiger partial charge in [-0.2, -0.15) is 13.2 Å². The summed E-state index contributed by atoms with van der Waals surface area (Å²) < 4.78 is 39.1. The van der Waals surface area contributed by atoms with Gasteiger partial charge >= 0.3 is 12.1 Å². The highest BCUT2D eigenvalue weighted by atomic mass is 19.4. The number of Topliss-reactive ketones (excluding diaryl/α,β-unsaturated/α-hetero) is 1. The molecule has 0 amide bonds. The van der Waals surface area contributed by atoms with E-state index in [2.05, 4.69) is 0 Å². The van der Waals surface area contributed by atoms with Crippen LogP contribution in [0.2, 0.25) is 0 Å². The van der Waals surface area contributed by atoms with Gasteiger partial charge in [-0.3, -0.25) is 9.59 Å². The largest absolute Gasteiger partial charge is 0.480 e. The summed E-state index contributed by atoms with van der Waals surface area (Å²) in [6, 6.07) is 5.93. The highest BCUT2D eigenvalue weighted by Crippen LogP contribution is 2.31. The maximum atomic E-state index is 12.6. The standard InChI is InChI=1S/C13H10F3NO3/c1-7-11(12(20)13(14,15)16)8-4-2-3-5-9(8)17(7)6-10(18)19/h2-5H,6H2,1H3,(H,18,19). The summed E-state index contributed by atoms with van der Waals surface area (Å²) in [5, 5.41) is 8.94. The molecule has 1 heterocycles. The average Bonchev–Trinajstić information content (AvgIpc) is 2.60. The van der Waals surface area contributed by atoms with E-state index in [9.17, 15) is 22.8 Å². The van der Waals surface area contributed by atoms with Crippen molar-refractivity contribution in [2.75, 3.05) is 0 Å². The van der Waals surface area contributed by atoms with E-state index in [1.54, 1.807) is 6.07 Å². The fourth-order valence-corrected chi connectivity index (χ4v) is 2.20. The van der Waals surface area contributed by atoms with E-state index >= 15 is 0 Å². The Labute approximate surface area is 111 Å². The Bertz CT molecular complexity index is 701. The number of hydrogen-bond acceptors (Lipinski definition) is 2. The first-order chi connectivity index (χ1) is 9.23. The topological polar surface area (TPSA) is 59.3 Å². The van der Waals surface area contributed by atoms with Crippen LogP contribution >= 0.6 is 0 Å². The van der Waals surface area contributed by atoms with Crippen LogP contribution in [0.4, 0.5) is 13.2 Å². The van der Waals surface area contributed by atoms with Gasteiger partial charge in [0.05, 0.1) is 5.56 Å². The van der Waals surface area contributed by atoms with Crippen molar-refractivity contribution in [1.29, 1.82) is 0 Å². The lowest BCUT2D eigenvalue weighted by Crippen LogP contribution is -2.23. The monoisotopic (exact) mass is 285 g/mol. The van der Waals surface area contributed by atoms with Crippen molar-refractivity contribution in [3.05, 3.63) is 35.5 Å². The fraction of sp³-hybridized carbons (Fsp3) is 0.231. The Kier molecular flexibility index (Phi) is 3.29. The van der Waals surface area contributed by atoms with Crippen molar-refractivity contribution >= 4 is 22.7 Å². The number of benzene rings is 1. The second-order valence-electron chi connectivity index (χ2n) is 4.28. The third kappa shape index (κ3) is 2.26. The maximum absolute atomic E-state index is 12.6. The van der Waals surface area contributed by atoms with Crippen LogP contribution in [0.3, 0.4) is 0 Å². The normalized spacial score (nSPS) is 11.8. The molecular weight excluding hydrogens is 275 g/mol. The molecule has 0 aliphatic heterocycles. The number of halogens is 3. The summed E-state index contributed by atoms with van der Waals surface area (Å²) in [6.45, 7) is 0.805. The summed E-state index contributed by atoms with van der Waals surface area (Å²) in [5.41, 5.74) is -0.203. The minimum atomic E-state index is -5.00. The van der Waals surface area contributed by atoms with Crippen LogP contribution in [0.15, 0.2) is 24.3 Å². The second kappa shape index (κ2) is 4.66. The highest BCUT2D eigenvalue weighted by molar-refractivity contribution is 6.12. The number of carboxylic acid groups (broad SMARTS) is 1. The van der Waals surface area contributed by atoms with Gasteiger partial charge in [0.1, 0.15) is 6.54 Å². The molecule has 0 spiro atoms. The first-order valence-electron chi connectivity index (χ1n) is 5.64. The third-order valence-corrected chi connectivity index (χ3v) is 3.01. The Morgan fingerprint density at radius 2 is 1.85 bits per heavy atom.